The van der Waals surface area contributed by atoms with E-state index >= 15 is 0 Å². The van der Waals surface area contributed by atoms with Gasteiger partial charge in [-0.15, -0.1) is 0 Å². The highest BCUT2D eigenvalue weighted by atomic mass is 16.4. The van der Waals surface area contributed by atoms with Crippen molar-refractivity contribution < 1.29 is 29.7 Å². The quantitative estimate of drug-likeness (QED) is 0.299. The molecular weight excluding hydrogens is 338 g/mol. The van der Waals surface area contributed by atoms with Gasteiger partial charge in [0, 0.05) is 12.8 Å². The first kappa shape index (κ1) is 26.6. The number of hydrogen-bond donors (Lipinski definition) is 4. The van der Waals surface area contributed by atoms with Crippen LogP contribution in [0.25, 0.3) is 0 Å². The summed E-state index contributed by atoms with van der Waals surface area (Å²) in [5, 5.41) is 24.7. The average Bonchev–Trinajstić information content (AvgIpc) is 2.57. The van der Waals surface area contributed by atoms with E-state index < -0.39 is 23.9 Å². The summed E-state index contributed by atoms with van der Waals surface area (Å²) in [6, 6.07) is -1.06. The summed E-state index contributed by atoms with van der Waals surface area (Å²) in [6.07, 6.45) is 14.1. The molecule has 0 aliphatic heterocycles. The van der Waals surface area contributed by atoms with Gasteiger partial charge in [0.1, 0.15) is 6.04 Å². The van der Waals surface area contributed by atoms with E-state index in [1.165, 1.54) is 57.8 Å². The molecule has 154 valence electrons. The molecule has 0 saturated heterocycles. The molecule has 0 aliphatic carbocycles. The predicted octanol–water partition coefficient (Wildman–Crippen LogP) is 4.04. The van der Waals surface area contributed by atoms with Gasteiger partial charge in [0.25, 0.3) is 0 Å². The molecule has 0 saturated carbocycles. The summed E-state index contributed by atoms with van der Waals surface area (Å²) in [5.41, 5.74) is 5.00. The number of carbonyl (C=O) groups is 3. The second kappa shape index (κ2) is 19.7. The van der Waals surface area contributed by atoms with Crippen molar-refractivity contribution in [2.24, 2.45) is 5.73 Å². The Labute approximate surface area is 157 Å². The topological polar surface area (TPSA) is 138 Å². The van der Waals surface area contributed by atoms with Crippen LogP contribution in [-0.2, 0) is 14.4 Å². The van der Waals surface area contributed by atoms with Gasteiger partial charge in [-0.2, -0.15) is 0 Å². The van der Waals surface area contributed by atoms with Crippen LogP contribution in [0.15, 0.2) is 0 Å². The Balaban J connectivity index is 0. The smallest absolute Gasteiger partial charge is 0.320 e. The minimum Gasteiger partial charge on any atom is -0.481 e. The molecule has 0 aromatic heterocycles. The Bertz CT molecular complexity index is 373. The Morgan fingerprint density at radius 3 is 1.42 bits per heavy atom. The Kier molecular flexibility index (Phi) is 20.1. The Hall–Kier alpha value is -1.63. The minimum absolute atomic E-state index is 0.0231. The van der Waals surface area contributed by atoms with Crippen LogP contribution in [0.4, 0.5) is 0 Å². The van der Waals surface area contributed by atoms with Crippen molar-refractivity contribution >= 4 is 17.9 Å². The predicted molar refractivity (Wildman–Crippen MR) is 101 cm³/mol. The number of carboxylic acid groups (broad SMARTS) is 3. The van der Waals surface area contributed by atoms with E-state index in [-0.39, 0.29) is 12.8 Å². The molecule has 1 unspecified atom stereocenters. The van der Waals surface area contributed by atoms with Crippen LogP contribution in [0.5, 0.6) is 0 Å². The van der Waals surface area contributed by atoms with Gasteiger partial charge in [0.2, 0.25) is 0 Å². The number of nitrogens with two attached hydrogens (primary N) is 1. The molecule has 0 radical (unpaired) electrons. The number of unbranched alkanes of at least 4 members (excludes halogenated alkanes) is 10. The lowest BCUT2D eigenvalue weighted by atomic mass is 10.1. The number of carboxylic acids is 3. The molecule has 5 N–H and O–H groups in total. The minimum atomic E-state index is -1.17. The molecule has 7 nitrogen and oxygen atoms in total. The largest absolute Gasteiger partial charge is 0.481 e. The van der Waals surface area contributed by atoms with Crippen molar-refractivity contribution in [1.29, 1.82) is 0 Å². The van der Waals surface area contributed by atoms with E-state index in [1.807, 2.05) is 0 Å². The van der Waals surface area contributed by atoms with E-state index in [9.17, 15) is 14.4 Å². The van der Waals surface area contributed by atoms with E-state index in [1.54, 1.807) is 0 Å². The van der Waals surface area contributed by atoms with Gasteiger partial charge in [-0.3, -0.25) is 14.4 Å². The SMILES string of the molecule is CCCCCCCCCCCCCC(=O)O.NC(CCC(=O)O)C(=O)O. The average molecular weight is 376 g/mol. The van der Waals surface area contributed by atoms with Crippen LogP contribution in [0.1, 0.15) is 96.8 Å². The third kappa shape index (κ3) is 24.6. The van der Waals surface area contributed by atoms with Crippen molar-refractivity contribution in [3.63, 3.8) is 0 Å². The lowest BCUT2D eigenvalue weighted by Gasteiger charge is -2.01. The summed E-state index contributed by atoms with van der Waals surface area (Å²) in [6.45, 7) is 2.25. The fourth-order valence-electron chi connectivity index (χ4n) is 2.34. The molecule has 0 spiro atoms. The highest BCUT2D eigenvalue weighted by molar-refractivity contribution is 5.74. The van der Waals surface area contributed by atoms with Gasteiger partial charge in [-0.1, -0.05) is 71.1 Å². The number of rotatable bonds is 16. The Morgan fingerprint density at radius 2 is 1.08 bits per heavy atom. The third-order valence-electron chi connectivity index (χ3n) is 3.98. The maximum absolute atomic E-state index is 10.3. The fourth-order valence-corrected chi connectivity index (χ4v) is 2.34. The molecule has 0 fully saturated rings. The maximum Gasteiger partial charge on any atom is 0.320 e. The summed E-state index contributed by atoms with van der Waals surface area (Å²) < 4.78 is 0. The van der Waals surface area contributed by atoms with Gasteiger partial charge in [-0.05, 0) is 12.8 Å². The number of aliphatic carboxylic acids is 3. The molecule has 0 aromatic carbocycles. The van der Waals surface area contributed by atoms with Gasteiger partial charge in [-0.25, -0.2) is 0 Å². The van der Waals surface area contributed by atoms with Crippen LogP contribution >= 0.6 is 0 Å². The second-order valence-electron chi connectivity index (χ2n) is 6.56. The lowest BCUT2D eigenvalue weighted by molar-refractivity contribution is -0.140. The van der Waals surface area contributed by atoms with Crippen molar-refractivity contribution in [1.82, 2.24) is 0 Å². The van der Waals surface area contributed by atoms with Gasteiger partial charge < -0.3 is 21.1 Å². The summed E-state index contributed by atoms with van der Waals surface area (Å²) in [7, 11) is 0. The molecule has 0 heterocycles. The molecule has 0 rings (SSSR count). The van der Waals surface area contributed by atoms with Crippen LogP contribution in [0.2, 0.25) is 0 Å². The van der Waals surface area contributed by atoms with E-state index in [0.29, 0.717) is 6.42 Å². The van der Waals surface area contributed by atoms with E-state index in [4.69, 9.17) is 21.1 Å². The van der Waals surface area contributed by atoms with Crippen LogP contribution in [0, 0.1) is 0 Å². The molecule has 1 atom stereocenters. The zero-order valence-corrected chi connectivity index (χ0v) is 16.1. The molecule has 7 heteroatoms. The van der Waals surface area contributed by atoms with Gasteiger partial charge >= 0.3 is 17.9 Å². The molecule has 0 amide bonds. The van der Waals surface area contributed by atoms with Crippen LogP contribution < -0.4 is 5.73 Å². The van der Waals surface area contributed by atoms with Crippen LogP contribution in [0.3, 0.4) is 0 Å². The molecule has 0 bridgehead atoms. The first-order valence-corrected chi connectivity index (χ1v) is 9.73. The summed E-state index contributed by atoms with van der Waals surface area (Å²) in [5.74, 6) is -2.85. The maximum atomic E-state index is 10.3. The highest BCUT2D eigenvalue weighted by Crippen LogP contribution is 2.11. The van der Waals surface area contributed by atoms with Gasteiger partial charge in [0.05, 0.1) is 0 Å². The molecule has 0 aliphatic rings. The summed E-state index contributed by atoms with van der Waals surface area (Å²) >= 11 is 0. The van der Waals surface area contributed by atoms with Gasteiger partial charge in [0.15, 0.2) is 0 Å². The molecule has 26 heavy (non-hydrogen) atoms. The van der Waals surface area contributed by atoms with Crippen molar-refractivity contribution in [2.45, 2.75) is 103 Å². The first-order chi connectivity index (χ1) is 12.3. The second-order valence-corrected chi connectivity index (χ2v) is 6.56. The van der Waals surface area contributed by atoms with E-state index in [2.05, 4.69) is 6.92 Å². The Morgan fingerprint density at radius 1 is 0.692 bits per heavy atom. The number of hydrogen-bond acceptors (Lipinski definition) is 4. The standard InChI is InChI=1S/C14H28O2.C5H9NO4/c1-2-3-4-5-6-7-8-9-10-11-12-13-14(15)16;6-3(5(9)10)1-2-4(7)8/h2-13H2,1H3,(H,15,16);3H,1-2,6H2,(H,7,8)(H,9,10). The van der Waals surface area contributed by atoms with E-state index in [0.717, 1.165) is 12.8 Å². The normalized spacial score (nSPS) is 11.3. The third-order valence-corrected chi connectivity index (χ3v) is 3.98. The fraction of sp³-hybridized carbons (Fsp3) is 0.842. The van der Waals surface area contributed by atoms with Crippen molar-refractivity contribution in [3.8, 4) is 0 Å². The zero-order valence-electron chi connectivity index (χ0n) is 16.1. The van der Waals surface area contributed by atoms with Crippen molar-refractivity contribution in [3.05, 3.63) is 0 Å². The highest BCUT2D eigenvalue weighted by Gasteiger charge is 2.12. The lowest BCUT2D eigenvalue weighted by Crippen LogP contribution is -2.30. The molecule has 0 aromatic rings. The summed E-state index contributed by atoms with van der Waals surface area (Å²) in [4.78, 5) is 30.1. The first-order valence-electron chi connectivity index (χ1n) is 9.73. The van der Waals surface area contributed by atoms with Crippen LogP contribution in [-0.4, -0.2) is 39.3 Å². The zero-order chi connectivity index (χ0) is 20.2. The molecular formula is C19H37NO6. The monoisotopic (exact) mass is 375 g/mol. The van der Waals surface area contributed by atoms with Crippen molar-refractivity contribution in [2.75, 3.05) is 0 Å².